The number of ketones is 1. The first kappa shape index (κ1) is 54.5. The van der Waals surface area contributed by atoms with Crippen LogP contribution < -0.4 is 27.0 Å². The lowest BCUT2D eigenvalue weighted by atomic mass is 9.39. The molecule has 2 atom stereocenters. The lowest BCUT2D eigenvalue weighted by molar-refractivity contribution is -0.307. The van der Waals surface area contributed by atoms with E-state index in [9.17, 15) is 14.7 Å². The highest BCUT2D eigenvalue weighted by molar-refractivity contribution is 7.22. The number of carboxylic acids is 1. The number of aromatic nitrogens is 4. The fourth-order valence-electron chi connectivity index (χ4n) is 12.8. The lowest BCUT2D eigenvalue weighted by Gasteiger charge is -2.69. The van der Waals surface area contributed by atoms with Crippen LogP contribution in [0.1, 0.15) is 158 Å². The van der Waals surface area contributed by atoms with Crippen LogP contribution in [0.5, 0.6) is 0 Å². The number of anilines is 4. The van der Waals surface area contributed by atoms with Crippen molar-refractivity contribution in [3.05, 3.63) is 77.4 Å². The number of benzene rings is 1. The summed E-state index contributed by atoms with van der Waals surface area (Å²) in [6, 6.07) is 13.6. The predicted octanol–water partition coefficient (Wildman–Crippen LogP) is 10.4. The van der Waals surface area contributed by atoms with Crippen LogP contribution in [0.3, 0.4) is 0 Å². The molecule has 4 aliphatic rings. The van der Waals surface area contributed by atoms with Crippen LogP contribution in [-0.2, 0) is 9.53 Å². The molecule has 8 rings (SSSR count). The molecule has 390 valence electrons. The number of thiazole rings is 1. The highest BCUT2D eigenvalue weighted by Crippen LogP contribution is 2.71. The van der Waals surface area contributed by atoms with Gasteiger partial charge in [-0.2, -0.15) is 0 Å². The van der Waals surface area contributed by atoms with Crippen molar-refractivity contribution in [3.8, 4) is 0 Å². The van der Waals surface area contributed by atoms with Crippen molar-refractivity contribution in [1.82, 2.24) is 30.4 Å². The fourth-order valence-corrected chi connectivity index (χ4v) is 13.7. The standard InChI is InChI=1S/C56H81N11O4S/c1-39-29-48(64-65-50(39)63-52-61-45-21-15-16-22-46(45)72-52)67(26-18-12-17-25-59-31-42(58)20-14-11-9-8-10-13-19-40(2)68)47-24-23-43(49(62-47)51(69)70)44(30-57)41(3)60-38-55-33-53(4)32-54(5,34-55)36-56(35-53,37-55)71-28-27-66(6)7/h15-16,21-24,29-31,59H,8-14,17-20,25-28,32-38,57-58H2,1-7H3,(H,69,70)(H,61,63,65)/p+1/b42-31-,44-30+,60-41?. The number of nitrogens with zero attached hydrogens (tertiary/aromatic N) is 7. The summed E-state index contributed by atoms with van der Waals surface area (Å²) >= 11 is 1.55. The Kier molecular flexibility index (Phi) is 18.3. The summed E-state index contributed by atoms with van der Waals surface area (Å²) in [5, 5.41) is 27.6. The van der Waals surface area contributed by atoms with Crippen LogP contribution in [0.4, 0.5) is 22.6 Å². The zero-order valence-electron chi connectivity index (χ0n) is 44.2. The Morgan fingerprint density at radius 1 is 0.875 bits per heavy atom. The van der Waals surface area contributed by atoms with Gasteiger partial charge in [0.2, 0.25) is 0 Å². The molecule has 4 bridgehead atoms. The van der Waals surface area contributed by atoms with Crippen molar-refractivity contribution >= 4 is 67.2 Å². The lowest BCUT2D eigenvalue weighted by Crippen LogP contribution is -2.64. The van der Waals surface area contributed by atoms with E-state index < -0.39 is 5.97 Å². The van der Waals surface area contributed by atoms with Gasteiger partial charge in [0, 0.05) is 62.1 Å². The molecule has 0 saturated heterocycles. The number of ether oxygens (including phenoxy) is 1. The van der Waals surface area contributed by atoms with Gasteiger partial charge < -0.3 is 46.5 Å². The monoisotopic (exact) mass is 1000 g/mol. The molecule has 8 N–H and O–H groups in total. The van der Waals surface area contributed by atoms with Crippen molar-refractivity contribution in [1.29, 1.82) is 0 Å². The van der Waals surface area contributed by atoms with E-state index in [1.54, 1.807) is 18.3 Å². The summed E-state index contributed by atoms with van der Waals surface area (Å²) in [6.07, 6.45) is 21.2. The molecule has 4 aromatic rings. The minimum Gasteiger partial charge on any atom is -0.476 e. The summed E-state index contributed by atoms with van der Waals surface area (Å²) < 4.78 is 7.94. The number of allylic oxidation sites excluding steroid dienone is 2. The molecule has 72 heavy (non-hydrogen) atoms. The van der Waals surface area contributed by atoms with Gasteiger partial charge in [0.25, 0.3) is 0 Å². The van der Waals surface area contributed by atoms with E-state index in [0.717, 1.165) is 123 Å². The van der Waals surface area contributed by atoms with Gasteiger partial charge in [0.15, 0.2) is 22.5 Å². The van der Waals surface area contributed by atoms with Gasteiger partial charge in [-0.3, -0.25) is 4.99 Å². The summed E-state index contributed by atoms with van der Waals surface area (Å²) in [6.45, 7) is 14.1. The molecular weight excluding hydrogens is 923 g/mol. The minimum atomic E-state index is -1.15. The summed E-state index contributed by atoms with van der Waals surface area (Å²) in [7, 11) is 4.18. The number of fused-ring (bicyclic) bond motifs is 1. The molecule has 0 aliphatic heterocycles. The fraction of sp³-hybridized carbons (Fsp3) is 0.589. The molecule has 4 fully saturated rings. The quantitative estimate of drug-likeness (QED) is 0.0253. The van der Waals surface area contributed by atoms with Gasteiger partial charge in [-0.15, -0.1) is 10.2 Å². The Morgan fingerprint density at radius 3 is 2.26 bits per heavy atom. The maximum absolute atomic E-state index is 13.2. The van der Waals surface area contributed by atoms with Gasteiger partial charge >= 0.3 is 5.97 Å². The molecule has 16 heteroatoms. The number of aromatic carboxylic acids is 1. The van der Waals surface area contributed by atoms with E-state index in [4.69, 9.17) is 25.4 Å². The van der Waals surface area contributed by atoms with E-state index in [2.05, 4.69) is 59.4 Å². The molecule has 4 saturated carbocycles. The van der Waals surface area contributed by atoms with Crippen LogP contribution in [0.15, 0.2) is 65.6 Å². The third-order valence-electron chi connectivity index (χ3n) is 15.0. The second-order valence-corrected chi connectivity index (χ2v) is 23.5. The Hall–Kier alpha value is -5.29. The number of Topliss-reactive ketones (excluding diaryl/α,β-unsaturated/α-hetero) is 1. The Labute approximate surface area is 431 Å². The Balaban J connectivity index is 1.04. The van der Waals surface area contributed by atoms with Crippen LogP contribution in [-0.4, -0.2) is 100 Å². The molecular formula is C56H82N11O4S+. The molecule has 4 aliphatic carbocycles. The average Bonchev–Trinajstić information content (AvgIpc) is 3.72. The Bertz CT molecular complexity index is 2560. The third kappa shape index (κ3) is 14.3. The first-order chi connectivity index (χ1) is 34.4. The SMILES string of the molecule is CC(=O)CCCCCCCC/C([NH3+])=C/NCCCCCN(c1cc(C)c(Nc2nc3ccccc3s2)nn1)c1ccc(/C(=C/N)C(C)=NCC23CC4(C)CC(C)(C2)CC(OCCN(C)C)(C4)C3)c(C(=O)O)n1. The van der Waals surface area contributed by atoms with Gasteiger partial charge in [-0.1, -0.05) is 63.0 Å². The highest BCUT2D eigenvalue weighted by Gasteiger charge is 2.66. The maximum atomic E-state index is 13.2. The second kappa shape index (κ2) is 24.2. The van der Waals surface area contributed by atoms with Crippen molar-refractivity contribution in [2.24, 2.45) is 27.0 Å². The highest BCUT2D eigenvalue weighted by atomic mass is 32.1. The molecule has 15 nitrogen and oxygen atoms in total. The zero-order valence-corrected chi connectivity index (χ0v) is 45.1. The number of hydrogen-bond acceptors (Lipinski definition) is 14. The van der Waals surface area contributed by atoms with Crippen molar-refractivity contribution < 1.29 is 25.2 Å². The summed E-state index contributed by atoms with van der Waals surface area (Å²) in [5.74, 6) is 0.735. The predicted molar refractivity (Wildman–Crippen MR) is 292 cm³/mol. The van der Waals surface area contributed by atoms with E-state index in [0.29, 0.717) is 53.8 Å². The minimum absolute atomic E-state index is 0.00381. The number of rotatable bonds is 29. The largest absolute Gasteiger partial charge is 0.476 e. The second-order valence-electron chi connectivity index (χ2n) is 22.5. The number of nitrogens with one attached hydrogen (secondary N) is 2. The number of likely N-dealkylation sites (N-methyl/N-ethyl adjacent to an activating group) is 1. The number of quaternary nitrogens is 1. The van der Waals surface area contributed by atoms with Crippen molar-refractivity contribution in [2.75, 3.05) is 57.1 Å². The number of carbonyl (C=O) groups excluding carboxylic acids is 1. The number of carbonyl (C=O) groups is 2. The van der Waals surface area contributed by atoms with Gasteiger partial charge in [0.05, 0.1) is 28.6 Å². The number of para-hydroxylation sites is 1. The normalized spacial score (nSPS) is 23.0. The van der Waals surface area contributed by atoms with E-state index in [1.807, 2.05) is 67.4 Å². The number of aryl methyl sites for hydroxylation is 1. The number of hydrogen-bond donors (Lipinski definition) is 5. The molecule has 3 heterocycles. The zero-order chi connectivity index (χ0) is 51.5. The van der Waals surface area contributed by atoms with Crippen molar-refractivity contribution in [2.45, 2.75) is 149 Å². The first-order valence-corrected chi connectivity index (χ1v) is 27.2. The van der Waals surface area contributed by atoms with E-state index >= 15 is 0 Å². The maximum Gasteiger partial charge on any atom is 0.355 e. The van der Waals surface area contributed by atoms with Crippen molar-refractivity contribution in [3.63, 3.8) is 0 Å². The molecule has 0 amide bonds. The molecule has 2 unspecified atom stereocenters. The van der Waals surface area contributed by atoms with Crippen LogP contribution in [0.2, 0.25) is 0 Å². The number of pyridine rings is 1. The summed E-state index contributed by atoms with van der Waals surface area (Å²) in [4.78, 5) is 43.4. The molecule has 1 aromatic carbocycles. The average molecular weight is 1010 g/mol. The number of carboxylic acid groups (broad SMARTS) is 1. The number of unbranched alkanes of at least 4 members (excludes halogenated alkanes) is 7. The van der Waals surface area contributed by atoms with E-state index in [1.165, 1.54) is 31.9 Å². The smallest absolute Gasteiger partial charge is 0.355 e. The molecule has 0 radical (unpaired) electrons. The third-order valence-corrected chi connectivity index (χ3v) is 16.0. The van der Waals surface area contributed by atoms with Gasteiger partial charge in [0.1, 0.15) is 17.3 Å². The summed E-state index contributed by atoms with van der Waals surface area (Å²) in [5.41, 5.74) is 15.3. The first-order valence-electron chi connectivity index (χ1n) is 26.4. The Morgan fingerprint density at radius 2 is 1.58 bits per heavy atom. The topological polar surface area (TPSA) is 212 Å². The van der Waals surface area contributed by atoms with E-state index in [-0.39, 0.29) is 33.3 Å². The van der Waals surface area contributed by atoms with Crippen LogP contribution in [0, 0.1) is 23.2 Å². The number of aliphatic imine (C=N–C) groups is 1. The van der Waals surface area contributed by atoms with Crippen LogP contribution >= 0.6 is 11.3 Å². The van der Waals surface area contributed by atoms with Crippen LogP contribution in [0.25, 0.3) is 15.8 Å². The molecule has 3 aromatic heterocycles. The number of nitrogens with two attached hydrogens (primary N) is 1. The van der Waals surface area contributed by atoms with Gasteiger partial charge in [-0.25, -0.2) is 14.8 Å². The molecule has 0 spiro atoms. The van der Waals surface area contributed by atoms with Gasteiger partial charge in [-0.05, 0) is 158 Å².